The van der Waals surface area contributed by atoms with Gasteiger partial charge in [-0.25, -0.2) is 0 Å². The van der Waals surface area contributed by atoms with E-state index < -0.39 is 0 Å². The van der Waals surface area contributed by atoms with Crippen LogP contribution >= 0.6 is 9.03 Å². The molecule has 3 nitrogen and oxygen atoms in total. The molecular weight excluding hydrogens is 127 g/mol. The second-order valence-electron chi connectivity index (χ2n) is 1.04. The summed E-state index contributed by atoms with van der Waals surface area (Å²) in [6, 6.07) is 0. The molecule has 0 aliphatic heterocycles. The highest BCUT2D eigenvalue weighted by atomic mass is 31.1. The Kier molecular flexibility index (Phi) is 7.59. The van der Waals surface area contributed by atoms with Crippen LogP contribution in [0.25, 0.3) is 0 Å². The van der Waals surface area contributed by atoms with Gasteiger partial charge in [0, 0.05) is 13.7 Å². The molecule has 1 atom stereocenters. The van der Waals surface area contributed by atoms with E-state index in [1.165, 1.54) is 0 Å². The molecule has 0 rings (SSSR count). The van der Waals surface area contributed by atoms with Crippen LogP contribution in [0.4, 0.5) is 0 Å². The smallest absolute Gasteiger partial charge is 0.157 e. The molecule has 0 radical (unpaired) electrons. The van der Waals surface area contributed by atoms with Crippen molar-refractivity contribution >= 4 is 9.03 Å². The second kappa shape index (κ2) is 7.31. The lowest BCUT2D eigenvalue weighted by molar-refractivity contribution is 0.0258. The minimum absolute atomic E-state index is 0.0997. The number of ether oxygens (including phenoxy) is 1. The van der Waals surface area contributed by atoms with E-state index in [0.29, 0.717) is 13.4 Å². The zero-order chi connectivity index (χ0) is 6.24. The summed E-state index contributed by atoms with van der Waals surface area (Å²) in [6.07, 6.45) is 0. The van der Waals surface area contributed by atoms with Crippen molar-refractivity contribution in [1.82, 2.24) is 0 Å². The van der Waals surface area contributed by atoms with Crippen LogP contribution in [-0.2, 0) is 13.8 Å². The molecule has 1 unspecified atom stereocenters. The van der Waals surface area contributed by atoms with Gasteiger partial charge in [0.1, 0.15) is 0 Å². The summed E-state index contributed by atoms with van der Waals surface area (Å²) in [6.45, 7) is 2.94. The van der Waals surface area contributed by atoms with Crippen molar-refractivity contribution in [2.75, 3.05) is 20.5 Å². The van der Waals surface area contributed by atoms with Gasteiger partial charge in [-0.3, -0.25) is 0 Å². The van der Waals surface area contributed by atoms with Gasteiger partial charge in [0.2, 0.25) is 0 Å². The minimum atomic E-state index is 0.0997. The van der Waals surface area contributed by atoms with Gasteiger partial charge in [0.25, 0.3) is 0 Å². The van der Waals surface area contributed by atoms with Gasteiger partial charge in [0.15, 0.2) is 15.8 Å². The van der Waals surface area contributed by atoms with Crippen LogP contribution in [0.5, 0.6) is 0 Å². The first-order chi connectivity index (χ1) is 3.91. The van der Waals surface area contributed by atoms with Gasteiger partial charge in [-0.2, -0.15) is 0 Å². The molecule has 0 aliphatic carbocycles. The van der Waals surface area contributed by atoms with E-state index in [0.717, 1.165) is 0 Å². The van der Waals surface area contributed by atoms with Crippen molar-refractivity contribution in [2.45, 2.75) is 6.92 Å². The largest absolute Gasteiger partial charge is 0.355 e. The fourth-order valence-corrected chi connectivity index (χ4v) is 0.457. The third kappa shape index (κ3) is 6.31. The Bertz CT molecular complexity index is 36.3. The Hall–Kier alpha value is 0.310. The molecule has 0 aromatic rings. The van der Waals surface area contributed by atoms with Crippen LogP contribution in [0.15, 0.2) is 0 Å². The molecule has 0 saturated heterocycles. The molecule has 0 amide bonds. The molecule has 0 aromatic heterocycles. The fraction of sp³-hybridized carbons (Fsp3) is 1.00. The lowest BCUT2D eigenvalue weighted by Crippen LogP contribution is -1.92. The maximum Gasteiger partial charge on any atom is 0.157 e. The van der Waals surface area contributed by atoms with Gasteiger partial charge in [-0.15, -0.1) is 0 Å². The molecule has 0 spiro atoms. The van der Waals surface area contributed by atoms with E-state index in [2.05, 4.69) is 4.52 Å². The Balaban J connectivity index is 2.53. The van der Waals surface area contributed by atoms with Crippen molar-refractivity contribution in [3.63, 3.8) is 0 Å². The third-order valence-corrected chi connectivity index (χ3v) is 0.891. The lowest BCUT2D eigenvalue weighted by atomic mass is 10.9. The molecule has 0 bridgehead atoms. The van der Waals surface area contributed by atoms with Crippen molar-refractivity contribution in [2.24, 2.45) is 0 Å². The van der Waals surface area contributed by atoms with Crippen molar-refractivity contribution in [3.8, 4) is 0 Å². The van der Waals surface area contributed by atoms with Crippen LogP contribution in [0.2, 0.25) is 0 Å². The van der Waals surface area contributed by atoms with E-state index >= 15 is 0 Å². The minimum Gasteiger partial charge on any atom is -0.355 e. The molecule has 0 saturated carbocycles. The summed E-state index contributed by atoms with van der Waals surface area (Å²) in [5, 5.41) is 0. The van der Waals surface area contributed by atoms with Crippen molar-refractivity contribution in [1.29, 1.82) is 0 Å². The normalized spacial score (nSPS) is 11.2. The van der Waals surface area contributed by atoms with Crippen LogP contribution in [0.1, 0.15) is 6.92 Å². The van der Waals surface area contributed by atoms with Gasteiger partial charge < -0.3 is 13.8 Å². The molecule has 0 N–H and O–H groups in total. The highest BCUT2D eigenvalue weighted by molar-refractivity contribution is 7.26. The van der Waals surface area contributed by atoms with E-state index in [-0.39, 0.29) is 9.03 Å². The van der Waals surface area contributed by atoms with E-state index in [1.807, 2.05) is 6.92 Å². The first-order valence-corrected chi connectivity index (χ1v) is 3.21. The zero-order valence-corrected chi connectivity index (χ0v) is 6.14. The molecule has 0 aromatic carbocycles. The molecule has 0 aliphatic rings. The predicted octanol–water partition coefficient (Wildman–Crippen LogP) is 1.15. The average molecular weight is 138 g/mol. The maximum absolute atomic E-state index is 4.84. The fourth-order valence-electron chi connectivity index (χ4n) is 0.208. The lowest BCUT2D eigenvalue weighted by Gasteiger charge is -1.99. The second-order valence-corrected chi connectivity index (χ2v) is 1.91. The number of rotatable bonds is 5. The molecule has 50 valence electrons. The molecule has 0 heterocycles. The standard InChI is InChI=1S/C4H11O3P/c1-3-6-4-7-8-5-2/h8H,3-4H2,1-2H3. The average Bonchev–Trinajstić information content (AvgIpc) is 1.81. The summed E-state index contributed by atoms with van der Waals surface area (Å²) in [4.78, 5) is 0. The highest BCUT2D eigenvalue weighted by Gasteiger charge is 1.80. The monoisotopic (exact) mass is 138 g/mol. The van der Waals surface area contributed by atoms with Crippen LogP contribution in [-0.4, -0.2) is 20.5 Å². The maximum atomic E-state index is 4.84. The Morgan fingerprint density at radius 3 is 2.75 bits per heavy atom. The predicted molar refractivity (Wildman–Crippen MR) is 32.9 cm³/mol. The molecule has 4 heteroatoms. The zero-order valence-electron chi connectivity index (χ0n) is 5.14. The molecule has 8 heavy (non-hydrogen) atoms. The van der Waals surface area contributed by atoms with Gasteiger partial charge >= 0.3 is 0 Å². The Morgan fingerprint density at radius 2 is 2.25 bits per heavy atom. The Morgan fingerprint density at radius 1 is 1.50 bits per heavy atom. The first kappa shape index (κ1) is 8.31. The number of hydrogen-bond donors (Lipinski definition) is 0. The Labute approximate surface area is 51.3 Å². The third-order valence-electron chi connectivity index (χ3n) is 0.489. The number of hydrogen-bond acceptors (Lipinski definition) is 3. The van der Waals surface area contributed by atoms with Crippen LogP contribution in [0.3, 0.4) is 0 Å². The topological polar surface area (TPSA) is 27.7 Å². The summed E-state index contributed by atoms with van der Waals surface area (Å²) in [5.41, 5.74) is 0. The van der Waals surface area contributed by atoms with E-state index in [4.69, 9.17) is 9.26 Å². The summed E-state index contributed by atoms with van der Waals surface area (Å²) in [5.74, 6) is 0. The molecule has 0 fully saturated rings. The van der Waals surface area contributed by atoms with Crippen LogP contribution in [0, 0.1) is 0 Å². The van der Waals surface area contributed by atoms with Crippen molar-refractivity contribution in [3.05, 3.63) is 0 Å². The summed E-state index contributed by atoms with van der Waals surface area (Å²) < 4.78 is 14.3. The van der Waals surface area contributed by atoms with E-state index in [1.54, 1.807) is 7.11 Å². The SMILES string of the molecule is CCOCOPOC. The first-order valence-electron chi connectivity index (χ1n) is 2.39. The highest BCUT2D eigenvalue weighted by Crippen LogP contribution is 2.09. The summed E-state index contributed by atoms with van der Waals surface area (Å²) in [7, 11) is 1.69. The van der Waals surface area contributed by atoms with E-state index in [9.17, 15) is 0 Å². The summed E-state index contributed by atoms with van der Waals surface area (Å²) >= 11 is 0. The van der Waals surface area contributed by atoms with Crippen LogP contribution < -0.4 is 0 Å². The quantitative estimate of drug-likeness (QED) is 0.324. The van der Waals surface area contributed by atoms with Gasteiger partial charge in [-0.1, -0.05) is 0 Å². The molecular formula is C4H11O3P. The van der Waals surface area contributed by atoms with Gasteiger partial charge in [0.05, 0.1) is 0 Å². The van der Waals surface area contributed by atoms with Gasteiger partial charge in [-0.05, 0) is 6.92 Å². The van der Waals surface area contributed by atoms with Crippen molar-refractivity contribution < 1.29 is 13.8 Å².